The van der Waals surface area contributed by atoms with Gasteiger partial charge in [0.1, 0.15) is 28.8 Å². The van der Waals surface area contributed by atoms with Crippen molar-refractivity contribution in [1.29, 1.82) is 0 Å². The maximum absolute atomic E-state index is 13.9. The first-order valence-electron chi connectivity index (χ1n) is 7.98. The first-order valence-corrected chi connectivity index (χ1v) is 7.98. The van der Waals surface area contributed by atoms with E-state index in [1.165, 1.54) is 14.2 Å². The standard InChI is InChI=1S/C19H17F2N3O3/c1-10-17(22-19(25)13-6-4-11(20)8-15(13)21)18(24-23-10)14-7-5-12(26-2)9-16(14)27-3/h4-9H,1-3H3,(H,22,25)(H,23,24). The zero-order valence-corrected chi connectivity index (χ0v) is 14.9. The number of carbonyl (C=O) groups is 1. The van der Waals surface area contributed by atoms with E-state index in [4.69, 9.17) is 9.47 Å². The van der Waals surface area contributed by atoms with E-state index in [1.807, 2.05) is 0 Å². The van der Waals surface area contributed by atoms with Crippen LogP contribution >= 0.6 is 0 Å². The molecule has 2 aromatic carbocycles. The van der Waals surface area contributed by atoms with Crippen LogP contribution in [0.5, 0.6) is 11.5 Å². The Balaban J connectivity index is 1.99. The van der Waals surface area contributed by atoms with E-state index in [0.29, 0.717) is 40.2 Å². The van der Waals surface area contributed by atoms with Gasteiger partial charge in [-0.2, -0.15) is 5.10 Å². The number of ether oxygens (including phenoxy) is 2. The maximum atomic E-state index is 13.9. The molecular formula is C19H17F2N3O3. The van der Waals surface area contributed by atoms with Gasteiger partial charge in [-0.3, -0.25) is 9.89 Å². The molecule has 0 saturated carbocycles. The predicted molar refractivity (Wildman–Crippen MR) is 96.2 cm³/mol. The Morgan fingerprint density at radius 2 is 1.89 bits per heavy atom. The fourth-order valence-corrected chi connectivity index (χ4v) is 2.63. The number of methoxy groups -OCH3 is 2. The molecule has 140 valence electrons. The number of aromatic amines is 1. The van der Waals surface area contributed by atoms with Gasteiger partial charge in [0.05, 0.1) is 31.2 Å². The first kappa shape index (κ1) is 18.4. The van der Waals surface area contributed by atoms with Gasteiger partial charge in [-0.1, -0.05) is 0 Å². The van der Waals surface area contributed by atoms with Gasteiger partial charge in [0.15, 0.2) is 0 Å². The van der Waals surface area contributed by atoms with Crippen LogP contribution in [0, 0.1) is 18.6 Å². The van der Waals surface area contributed by atoms with Crippen LogP contribution in [-0.4, -0.2) is 30.3 Å². The summed E-state index contributed by atoms with van der Waals surface area (Å²) in [5.74, 6) is -1.33. The summed E-state index contributed by atoms with van der Waals surface area (Å²) in [4.78, 5) is 12.5. The highest BCUT2D eigenvalue weighted by Crippen LogP contribution is 2.37. The van der Waals surface area contributed by atoms with Gasteiger partial charge >= 0.3 is 0 Å². The lowest BCUT2D eigenvalue weighted by atomic mass is 10.1. The van der Waals surface area contributed by atoms with E-state index < -0.39 is 17.5 Å². The molecule has 0 radical (unpaired) electrons. The SMILES string of the molecule is COc1ccc(-c2n[nH]c(C)c2NC(=O)c2ccc(F)cc2F)c(OC)c1. The van der Waals surface area contributed by atoms with Crippen LogP contribution in [-0.2, 0) is 0 Å². The zero-order valence-electron chi connectivity index (χ0n) is 14.9. The molecule has 27 heavy (non-hydrogen) atoms. The number of anilines is 1. The molecule has 6 nitrogen and oxygen atoms in total. The van der Waals surface area contributed by atoms with Gasteiger partial charge in [-0.05, 0) is 31.2 Å². The Morgan fingerprint density at radius 3 is 2.56 bits per heavy atom. The van der Waals surface area contributed by atoms with Gasteiger partial charge in [-0.15, -0.1) is 0 Å². The first-order chi connectivity index (χ1) is 12.9. The molecule has 1 aromatic heterocycles. The molecule has 0 aliphatic carbocycles. The average molecular weight is 373 g/mol. The van der Waals surface area contributed by atoms with E-state index in [-0.39, 0.29) is 5.56 Å². The predicted octanol–water partition coefficient (Wildman–Crippen LogP) is 3.93. The molecular weight excluding hydrogens is 356 g/mol. The highest BCUT2D eigenvalue weighted by Gasteiger charge is 2.21. The van der Waals surface area contributed by atoms with E-state index in [9.17, 15) is 13.6 Å². The second-order valence-electron chi connectivity index (χ2n) is 5.72. The van der Waals surface area contributed by atoms with Crippen LogP contribution in [0.1, 0.15) is 16.1 Å². The third-order valence-corrected chi connectivity index (χ3v) is 4.03. The van der Waals surface area contributed by atoms with Crippen molar-refractivity contribution in [2.24, 2.45) is 0 Å². The quantitative estimate of drug-likeness (QED) is 0.710. The molecule has 3 rings (SSSR count). The smallest absolute Gasteiger partial charge is 0.258 e. The average Bonchev–Trinajstić information content (AvgIpc) is 3.01. The van der Waals surface area contributed by atoms with Crippen molar-refractivity contribution in [3.05, 3.63) is 59.3 Å². The van der Waals surface area contributed by atoms with Crippen molar-refractivity contribution in [2.75, 3.05) is 19.5 Å². The summed E-state index contributed by atoms with van der Waals surface area (Å²) < 4.78 is 37.5. The number of hydrogen-bond acceptors (Lipinski definition) is 4. The molecule has 0 aliphatic heterocycles. The highest BCUT2D eigenvalue weighted by atomic mass is 19.1. The monoisotopic (exact) mass is 373 g/mol. The number of hydrogen-bond donors (Lipinski definition) is 2. The number of aromatic nitrogens is 2. The van der Waals surface area contributed by atoms with Crippen LogP contribution in [0.4, 0.5) is 14.5 Å². The van der Waals surface area contributed by atoms with E-state index >= 15 is 0 Å². The number of halogens is 2. The number of H-pyrrole nitrogens is 1. The molecule has 1 amide bonds. The van der Waals surface area contributed by atoms with Crippen molar-refractivity contribution >= 4 is 11.6 Å². The van der Waals surface area contributed by atoms with Crippen LogP contribution in [0.15, 0.2) is 36.4 Å². The molecule has 0 atom stereocenters. The Bertz CT molecular complexity index is 1000. The zero-order chi connectivity index (χ0) is 19.6. The van der Waals surface area contributed by atoms with E-state index in [2.05, 4.69) is 15.5 Å². The molecule has 0 saturated heterocycles. The molecule has 0 spiro atoms. The topological polar surface area (TPSA) is 76.2 Å². The van der Waals surface area contributed by atoms with Crippen molar-refractivity contribution < 1.29 is 23.0 Å². The maximum Gasteiger partial charge on any atom is 0.258 e. The van der Waals surface area contributed by atoms with Gasteiger partial charge in [0.25, 0.3) is 5.91 Å². The van der Waals surface area contributed by atoms with Gasteiger partial charge in [0.2, 0.25) is 0 Å². The fraction of sp³-hybridized carbons (Fsp3) is 0.158. The minimum Gasteiger partial charge on any atom is -0.497 e. The number of aryl methyl sites for hydroxylation is 1. The van der Waals surface area contributed by atoms with Crippen molar-refractivity contribution in [1.82, 2.24) is 10.2 Å². The highest BCUT2D eigenvalue weighted by molar-refractivity contribution is 6.06. The lowest BCUT2D eigenvalue weighted by Gasteiger charge is -2.11. The van der Waals surface area contributed by atoms with Gasteiger partial charge < -0.3 is 14.8 Å². The second-order valence-corrected chi connectivity index (χ2v) is 5.72. The number of benzene rings is 2. The van der Waals surface area contributed by atoms with Crippen LogP contribution in [0.2, 0.25) is 0 Å². The van der Waals surface area contributed by atoms with Crippen molar-refractivity contribution in [3.63, 3.8) is 0 Å². The molecule has 1 heterocycles. The summed E-state index contributed by atoms with van der Waals surface area (Å²) in [5.41, 5.74) is 1.69. The lowest BCUT2D eigenvalue weighted by molar-refractivity contribution is 0.102. The molecule has 0 bridgehead atoms. The largest absolute Gasteiger partial charge is 0.497 e. The summed E-state index contributed by atoms with van der Waals surface area (Å²) >= 11 is 0. The normalized spacial score (nSPS) is 10.6. The summed E-state index contributed by atoms with van der Waals surface area (Å²) in [6.45, 7) is 1.71. The van der Waals surface area contributed by atoms with E-state index in [0.717, 1.165) is 12.1 Å². The summed E-state index contributed by atoms with van der Waals surface area (Å²) in [6.07, 6.45) is 0. The number of amides is 1. The number of nitrogens with zero attached hydrogens (tertiary/aromatic N) is 1. The minimum absolute atomic E-state index is 0.273. The summed E-state index contributed by atoms with van der Waals surface area (Å²) in [6, 6.07) is 7.92. The number of nitrogens with one attached hydrogen (secondary N) is 2. The molecule has 0 aliphatic rings. The van der Waals surface area contributed by atoms with Crippen LogP contribution in [0.25, 0.3) is 11.3 Å². The Hall–Kier alpha value is -3.42. The minimum atomic E-state index is -0.947. The van der Waals surface area contributed by atoms with Crippen LogP contribution in [0.3, 0.4) is 0 Å². The van der Waals surface area contributed by atoms with Crippen LogP contribution < -0.4 is 14.8 Å². The number of carbonyl (C=O) groups excluding carboxylic acids is 1. The van der Waals surface area contributed by atoms with Crippen molar-refractivity contribution in [3.8, 4) is 22.8 Å². The molecule has 0 unspecified atom stereocenters. The number of rotatable bonds is 5. The van der Waals surface area contributed by atoms with Crippen molar-refractivity contribution in [2.45, 2.75) is 6.92 Å². The third-order valence-electron chi connectivity index (χ3n) is 4.03. The second kappa shape index (κ2) is 7.45. The molecule has 3 aromatic rings. The lowest BCUT2D eigenvalue weighted by Crippen LogP contribution is -2.15. The Kier molecular flexibility index (Phi) is 5.07. The molecule has 2 N–H and O–H groups in total. The third kappa shape index (κ3) is 3.59. The Morgan fingerprint density at radius 1 is 1.11 bits per heavy atom. The van der Waals surface area contributed by atoms with Gasteiger partial charge in [0, 0.05) is 17.7 Å². The fourth-order valence-electron chi connectivity index (χ4n) is 2.63. The summed E-state index contributed by atoms with van der Waals surface area (Å²) in [7, 11) is 3.04. The van der Waals surface area contributed by atoms with Gasteiger partial charge in [-0.25, -0.2) is 8.78 Å². The Labute approximate surface area is 154 Å². The molecule has 8 heteroatoms. The van der Waals surface area contributed by atoms with E-state index in [1.54, 1.807) is 25.1 Å². The molecule has 0 fully saturated rings. The summed E-state index contributed by atoms with van der Waals surface area (Å²) in [5, 5.41) is 9.64.